The highest BCUT2D eigenvalue weighted by atomic mass is 16.6. The third-order valence-corrected chi connectivity index (χ3v) is 4.37. The van der Waals surface area contributed by atoms with E-state index in [9.17, 15) is 14.9 Å². The number of nitrogens with zero attached hydrogens (tertiary/aromatic N) is 4. The molecular weight excluding hydrogens is 298 g/mol. The lowest BCUT2D eigenvalue weighted by molar-refractivity contribution is -0.384. The van der Waals surface area contributed by atoms with Gasteiger partial charge in [-0.3, -0.25) is 24.5 Å². The number of benzene rings is 1. The fraction of sp³-hybridized carbons (Fsp3) is 0.467. The van der Waals surface area contributed by atoms with Gasteiger partial charge in [0.2, 0.25) is 5.91 Å². The Bertz CT molecular complexity index is 734. The minimum absolute atomic E-state index is 0.0689. The predicted molar refractivity (Wildman–Crippen MR) is 84.5 cm³/mol. The number of likely N-dealkylation sites (tertiary alicyclic amines) is 1. The van der Waals surface area contributed by atoms with E-state index in [1.54, 1.807) is 23.0 Å². The number of aromatic nitrogens is 2. The number of primary amides is 1. The van der Waals surface area contributed by atoms with Crippen LogP contribution in [0, 0.1) is 16.0 Å². The maximum absolute atomic E-state index is 11.0. The lowest BCUT2D eigenvalue weighted by atomic mass is 9.93. The van der Waals surface area contributed by atoms with Gasteiger partial charge in [0, 0.05) is 37.0 Å². The van der Waals surface area contributed by atoms with E-state index in [1.165, 1.54) is 6.07 Å². The molecule has 1 fully saturated rings. The number of carbonyl (C=O) groups excluding carboxylic acids is 1. The second-order valence-corrected chi connectivity index (χ2v) is 6.02. The van der Waals surface area contributed by atoms with E-state index < -0.39 is 4.92 Å². The summed E-state index contributed by atoms with van der Waals surface area (Å²) in [7, 11) is 0. The minimum atomic E-state index is -0.397. The number of rotatable bonds is 5. The van der Waals surface area contributed by atoms with Crippen molar-refractivity contribution in [3.8, 4) is 0 Å². The molecule has 3 rings (SSSR count). The van der Waals surface area contributed by atoms with Gasteiger partial charge in [-0.15, -0.1) is 0 Å². The molecule has 0 spiro atoms. The first-order chi connectivity index (χ1) is 11.0. The van der Waals surface area contributed by atoms with Gasteiger partial charge in [0.1, 0.15) is 0 Å². The average Bonchev–Trinajstić information content (AvgIpc) is 2.91. The number of hydrogen-bond donors (Lipinski definition) is 1. The summed E-state index contributed by atoms with van der Waals surface area (Å²) in [5, 5.41) is 16.1. The van der Waals surface area contributed by atoms with Crippen LogP contribution in [0.25, 0.3) is 10.9 Å². The zero-order valence-corrected chi connectivity index (χ0v) is 12.7. The number of fused-ring (bicyclic) bond motifs is 1. The van der Waals surface area contributed by atoms with Crippen molar-refractivity contribution in [3.05, 3.63) is 34.5 Å². The number of carbonyl (C=O) groups is 1. The normalized spacial score (nSPS) is 16.7. The Morgan fingerprint density at radius 3 is 2.78 bits per heavy atom. The van der Waals surface area contributed by atoms with Gasteiger partial charge in [-0.05, 0) is 24.8 Å². The van der Waals surface area contributed by atoms with Crippen molar-refractivity contribution in [1.29, 1.82) is 0 Å². The first kappa shape index (κ1) is 15.4. The Balaban J connectivity index is 1.69. The van der Waals surface area contributed by atoms with E-state index in [-0.39, 0.29) is 11.6 Å². The maximum Gasteiger partial charge on any atom is 0.271 e. The zero-order valence-electron chi connectivity index (χ0n) is 12.7. The number of amides is 1. The summed E-state index contributed by atoms with van der Waals surface area (Å²) in [6, 6.07) is 4.77. The monoisotopic (exact) mass is 317 g/mol. The smallest absolute Gasteiger partial charge is 0.271 e. The molecule has 1 aliphatic heterocycles. The molecule has 0 aliphatic carbocycles. The van der Waals surface area contributed by atoms with Crippen molar-refractivity contribution in [1.82, 2.24) is 14.7 Å². The molecule has 122 valence electrons. The second-order valence-electron chi connectivity index (χ2n) is 6.02. The summed E-state index contributed by atoms with van der Waals surface area (Å²) in [6.45, 7) is 2.33. The van der Waals surface area contributed by atoms with Crippen LogP contribution in [-0.2, 0) is 11.5 Å². The average molecular weight is 317 g/mol. The van der Waals surface area contributed by atoms with Gasteiger partial charge in [-0.1, -0.05) is 0 Å². The van der Waals surface area contributed by atoms with E-state index in [0.717, 1.165) is 36.8 Å². The van der Waals surface area contributed by atoms with Crippen LogP contribution in [0.4, 0.5) is 5.69 Å². The van der Waals surface area contributed by atoms with Crippen molar-refractivity contribution < 1.29 is 9.72 Å². The Hall–Kier alpha value is -2.48. The first-order valence-corrected chi connectivity index (χ1v) is 7.63. The van der Waals surface area contributed by atoms with Crippen LogP contribution in [0.15, 0.2) is 24.4 Å². The summed E-state index contributed by atoms with van der Waals surface area (Å²) in [5.74, 6) is 0.119. The van der Waals surface area contributed by atoms with Crippen molar-refractivity contribution in [2.75, 3.05) is 13.1 Å². The van der Waals surface area contributed by atoms with E-state index >= 15 is 0 Å². The highest BCUT2D eigenvalue weighted by Gasteiger charge is 2.21. The van der Waals surface area contributed by atoms with Crippen LogP contribution < -0.4 is 5.73 Å². The first-order valence-electron chi connectivity index (χ1n) is 7.63. The molecule has 0 radical (unpaired) electrons. The molecule has 2 N–H and O–H groups in total. The molecule has 1 saturated heterocycles. The number of non-ortho nitro benzene ring substituents is 1. The van der Waals surface area contributed by atoms with Crippen molar-refractivity contribution in [2.45, 2.75) is 25.9 Å². The summed E-state index contributed by atoms with van der Waals surface area (Å²) < 4.78 is 1.79. The highest BCUT2D eigenvalue weighted by molar-refractivity contribution is 5.80. The molecule has 2 heterocycles. The molecule has 0 saturated carbocycles. The molecular formula is C15H19N5O3. The van der Waals surface area contributed by atoms with Crippen molar-refractivity contribution >= 4 is 22.5 Å². The van der Waals surface area contributed by atoms with E-state index in [1.807, 2.05) is 0 Å². The molecule has 1 aromatic heterocycles. The second kappa shape index (κ2) is 6.33. The van der Waals surface area contributed by atoms with Gasteiger partial charge in [0.05, 0.1) is 23.3 Å². The number of nitro groups is 1. The highest BCUT2D eigenvalue weighted by Crippen LogP contribution is 2.23. The van der Waals surface area contributed by atoms with Gasteiger partial charge < -0.3 is 5.73 Å². The summed E-state index contributed by atoms with van der Waals surface area (Å²) in [6.07, 6.45) is 4.04. The Labute approximate surface area is 133 Å². The van der Waals surface area contributed by atoms with Crippen LogP contribution in [0.3, 0.4) is 0 Å². The molecule has 1 aromatic carbocycles. The van der Waals surface area contributed by atoms with E-state index in [4.69, 9.17) is 5.73 Å². The third-order valence-electron chi connectivity index (χ3n) is 4.37. The molecule has 0 unspecified atom stereocenters. The van der Waals surface area contributed by atoms with Crippen LogP contribution in [0.2, 0.25) is 0 Å². The molecule has 2 aromatic rings. The fourth-order valence-corrected chi connectivity index (χ4v) is 3.09. The predicted octanol–water partition coefficient (Wildman–Crippen LogP) is 1.49. The summed E-state index contributed by atoms with van der Waals surface area (Å²) >= 11 is 0. The number of hydrogen-bond acceptors (Lipinski definition) is 5. The number of piperidine rings is 1. The van der Waals surface area contributed by atoms with Crippen LogP contribution >= 0.6 is 0 Å². The molecule has 0 atom stereocenters. The molecule has 23 heavy (non-hydrogen) atoms. The number of nitrogens with two attached hydrogens (primary N) is 1. The molecule has 8 nitrogen and oxygen atoms in total. The summed E-state index contributed by atoms with van der Waals surface area (Å²) in [4.78, 5) is 23.7. The van der Waals surface area contributed by atoms with Crippen LogP contribution in [0.1, 0.15) is 19.3 Å². The topological polar surface area (TPSA) is 107 Å². The summed E-state index contributed by atoms with van der Waals surface area (Å²) in [5.41, 5.74) is 6.08. The fourth-order valence-electron chi connectivity index (χ4n) is 3.09. The van der Waals surface area contributed by atoms with Crippen molar-refractivity contribution in [3.63, 3.8) is 0 Å². The van der Waals surface area contributed by atoms with Gasteiger partial charge >= 0.3 is 0 Å². The third kappa shape index (κ3) is 3.48. The minimum Gasteiger partial charge on any atom is -0.370 e. The van der Waals surface area contributed by atoms with Crippen LogP contribution in [0.5, 0.6) is 0 Å². The Kier molecular flexibility index (Phi) is 4.24. The maximum atomic E-state index is 11.0. The van der Waals surface area contributed by atoms with Gasteiger partial charge in [0.25, 0.3) is 5.69 Å². The SMILES string of the molecule is NC(=O)CC1CCN(Cn2ncc3ccc([N+](=O)[O-])cc32)CC1. The van der Waals surface area contributed by atoms with Crippen molar-refractivity contribution in [2.24, 2.45) is 11.7 Å². The zero-order chi connectivity index (χ0) is 16.4. The van der Waals surface area contributed by atoms with Gasteiger partial charge in [-0.2, -0.15) is 5.10 Å². The van der Waals surface area contributed by atoms with Gasteiger partial charge in [-0.25, -0.2) is 0 Å². The molecule has 8 heteroatoms. The van der Waals surface area contributed by atoms with E-state index in [2.05, 4.69) is 10.00 Å². The quantitative estimate of drug-likeness (QED) is 0.664. The largest absolute Gasteiger partial charge is 0.370 e. The standard InChI is InChI=1S/C15H19N5O3/c16-15(21)7-11-3-5-18(6-4-11)10-19-14-8-13(20(22)23)2-1-12(14)9-17-19/h1-2,8-9,11H,3-7,10H2,(H2,16,21). The van der Waals surface area contributed by atoms with Gasteiger partial charge in [0.15, 0.2) is 0 Å². The number of nitro benzene ring substituents is 1. The molecule has 1 amide bonds. The van der Waals surface area contributed by atoms with Crippen LogP contribution in [-0.4, -0.2) is 38.6 Å². The lowest BCUT2D eigenvalue weighted by Gasteiger charge is -2.31. The molecule has 1 aliphatic rings. The molecule has 0 bridgehead atoms. The lowest BCUT2D eigenvalue weighted by Crippen LogP contribution is -2.36. The Morgan fingerprint density at radius 1 is 1.39 bits per heavy atom. The van der Waals surface area contributed by atoms with E-state index in [0.29, 0.717) is 19.0 Å². The Morgan fingerprint density at radius 2 is 2.13 bits per heavy atom.